The van der Waals surface area contributed by atoms with Crippen molar-refractivity contribution in [1.82, 2.24) is 4.98 Å². The van der Waals surface area contributed by atoms with Gasteiger partial charge in [-0.3, -0.25) is 4.98 Å². The van der Waals surface area contributed by atoms with Crippen LogP contribution in [-0.4, -0.2) is 9.10 Å². The zero-order chi connectivity index (χ0) is 13.0. The summed E-state index contributed by atoms with van der Waals surface area (Å²) in [5.41, 5.74) is 2.58. The summed E-state index contributed by atoms with van der Waals surface area (Å²) in [5.74, 6) is 0. The molecule has 0 N–H and O–H groups in total. The predicted molar refractivity (Wildman–Crippen MR) is 73.4 cm³/mol. The van der Waals surface area contributed by atoms with Gasteiger partial charge in [-0.15, -0.1) is 0 Å². The quantitative estimate of drug-likeness (QED) is 0.600. The average molecular weight is 361 g/mol. The highest BCUT2D eigenvalue weighted by atomic mass is 127. The van der Waals surface area contributed by atoms with Crippen molar-refractivity contribution in [2.24, 2.45) is 0 Å². The summed E-state index contributed by atoms with van der Waals surface area (Å²) < 4.78 is 26.5. The maximum Gasteiger partial charge on any atom is 0.408 e. The first kappa shape index (κ1) is 13.4. The van der Waals surface area contributed by atoms with E-state index in [9.17, 15) is 8.78 Å². The van der Waals surface area contributed by atoms with Crippen LogP contribution in [0.3, 0.4) is 0 Å². The van der Waals surface area contributed by atoms with E-state index in [1.54, 1.807) is 18.5 Å². The highest BCUT2D eigenvalue weighted by Gasteiger charge is 2.24. The van der Waals surface area contributed by atoms with Crippen molar-refractivity contribution in [2.75, 3.05) is 0 Å². The first-order valence-corrected chi connectivity index (χ1v) is 6.32. The van der Waals surface area contributed by atoms with E-state index in [1.165, 1.54) is 0 Å². The molecule has 0 bridgehead atoms. The van der Waals surface area contributed by atoms with Gasteiger partial charge in [0.05, 0.1) is 6.61 Å². The Hall–Kier alpha value is -1.08. The van der Waals surface area contributed by atoms with Crippen molar-refractivity contribution in [3.05, 3.63) is 54.4 Å². The molecule has 0 radical (unpaired) electrons. The molecular formula is C13H10F2INO. The lowest BCUT2D eigenvalue weighted by atomic mass is 10.1. The number of benzene rings is 1. The fraction of sp³-hybridized carbons (Fsp3) is 0.154. The summed E-state index contributed by atoms with van der Waals surface area (Å²) >= 11 is 0.958. The molecule has 5 heteroatoms. The van der Waals surface area contributed by atoms with Gasteiger partial charge in [0.1, 0.15) is 0 Å². The van der Waals surface area contributed by atoms with Crippen LogP contribution >= 0.6 is 22.6 Å². The topological polar surface area (TPSA) is 22.1 Å². The van der Waals surface area contributed by atoms with E-state index < -0.39 is 4.12 Å². The van der Waals surface area contributed by atoms with Gasteiger partial charge in [-0.05, 0) is 28.8 Å². The highest BCUT2D eigenvalue weighted by molar-refractivity contribution is 14.1. The molecule has 0 aliphatic carbocycles. The van der Waals surface area contributed by atoms with Gasteiger partial charge >= 0.3 is 4.12 Å². The summed E-state index contributed by atoms with van der Waals surface area (Å²) in [6, 6.07) is 11.0. The molecule has 0 aliphatic heterocycles. The molecular weight excluding hydrogens is 351 g/mol. The number of halogens is 3. The monoisotopic (exact) mass is 361 g/mol. The lowest BCUT2D eigenvalue weighted by Crippen LogP contribution is -2.10. The van der Waals surface area contributed by atoms with E-state index >= 15 is 0 Å². The van der Waals surface area contributed by atoms with Crippen LogP contribution in [0, 0.1) is 0 Å². The Balaban J connectivity index is 2.16. The van der Waals surface area contributed by atoms with Crippen LogP contribution in [0.15, 0.2) is 48.8 Å². The first-order chi connectivity index (χ1) is 8.54. The fourth-order valence-electron chi connectivity index (χ4n) is 1.54. The zero-order valence-corrected chi connectivity index (χ0v) is 11.5. The number of hydrogen-bond donors (Lipinski definition) is 0. The molecule has 1 aromatic heterocycles. The Morgan fingerprint density at radius 2 is 1.94 bits per heavy atom. The standard InChI is InChI=1S/C13H10F2INO/c14-13(15,16)18-9-10-3-1-4-11(7-10)12-5-2-6-17-8-12/h1-8H,9H2. The molecule has 18 heavy (non-hydrogen) atoms. The molecule has 2 rings (SSSR count). The van der Waals surface area contributed by atoms with Gasteiger partial charge in [-0.25, -0.2) is 0 Å². The van der Waals surface area contributed by atoms with E-state index in [4.69, 9.17) is 0 Å². The third-order valence-electron chi connectivity index (χ3n) is 2.32. The lowest BCUT2D eigenvalue weighted by Gasteiger charge is -2.10. The Kier molecular flexibility index (Phi) is 4.23. The average Bonchev–Trinajstić information content (AvgIpc) is 2.37. The summed E-state index contributed by atoms with van der Waals surface area (Å²) in [4.78, 5) is 4.02. The smallest absolute Gasteiger partial charge is 0.307 e. The number of alkyl halides is 3. The second-order valence-corrected chi connectivity index (χ2v) is 4.93. The number of ether oxygens (including phenoxy) is 1. The Morgan fingerprint density at radius 3 is 2.61 bits per heavy atom. The summed E-state index contributed by atoms with van der Waals surface area (Å²) in [6.07, 6.45) is 3.42. The molecule has 0 fully saturated rings. The number of rotatable bonds is 4. The molecule has 0 unspecified atom stereocenters. The van der Waals surface area contributed by atoms with Crippen LogP contribution in [0.4, 0.5) is 8.78 Å². The van der Waals surface area contributed by atoms with E-state index in [1.807, 2.05) is 30.3 Å². The number of pyridine rings is 1. The SMILES string of the molecule is FC(F)(I)OCc1cccc(-c2cccnc2)c1. The minimum absolute atomic E-state index is 0.121. The molecule has 0 saturated heterocycles. The van der Waals surface area contributed by atoms with Crippen LogP contribution in [0.2, 0.25) is 0 Å². The van der Waals surface area contributed by atoms with Crippen LogP contribution < -0.4 is 0 Å². The van der Waals surface area contributed by atoms with Crippen molar-refractivity contribution in [1.29, 1.82) is 0 Å². The minimum atomic E-state index is -3.14. The van der Waals surface area contributed by atoms with Crippen molar-refractivity contribution in [3.8, 4) is 11.1 Å². The second kappa shape index (κ2) is 5.71. The van der Waals surface area contributed by atoms with E-state index in [2.05, 4.69) is 9.72 Å². The van der Waals surface area contributed by atoms with Crippen LogP contribution in [0.25, 0.3) is 11.1 Å². The Morgan fingerprint density at radius 1 is 1.17 bits per heavy atom. The van der Waals surface area contributed by atoms with Crippen LogP contribution in [0.5, 0.6) is 0 Å². The largest absolute Gasteiger partial charge is 0.408 e. The van der Waals surface area contributed by atoms with Gasteiger partial charge in [-0.1, -0.05) is 24.3 Å². The fourth-order valence-corrected chi connectivity index (χ4v) is 1.70. The first-order valence-electron chi connectivity index (χ1n) is 5.25. The molecule has 0 amide bonds. The van der Waals surface area contributed by atoms with Crippen LogP contribution in [-0.2, 0) is 11.3 Å². The van der Waals surface area contributed by atoms with Gasteiger partial charge in [-0.2, -0.15) is 8.78 Å². The number of nitrogens with zero attached hydrogens (tertiary/aromatic N) is 1. The van der Waals surface area contributed by atoms with Gasteiger partial charge < -0.3 is 4.74 Å². The van der Waals surface area contributed by atoms with E-state index in [0.717, 1.165) is 33.7 Å². The number of aromatic nitrogens is 1. The summed E-state index contributed by atoms with van der Waals surface area (Å²) in [6.45, 7) is -0.121. The van der Waals surface area contributed by atoms with Crippen molar-refractivity contribution in [3.63, 3.8) is 0 Å². The molecule has 0 aliphatic rings. The third-order valence-corrected chi connectivity index (χ3v) is 2.64. The predicted octanol–water partition coefficient (Wildman–Crippen LogP) is 4.25. The molecule has 2 nitrogen and oxygen atoms in total. The van der Waals surface area contributed by atoms with Crippen molar-refractivity contribution < 1.29 is 13.5 Å². The van der Waals surface area contributed by atoms with Gasteiger partial charge in [0.2, 0.25) is 0 Å². The molecule has 94 valence electrons. The number of hydrogen-bond acceptors (Lipinski definition) is 2. The molecule has 0 atom stereocenters. The van der Waals surface area contributed by atoms with Gasteiger partial charge in [0, 0.05) is 35.0 Å². The molecule has 0 spiro atoms. The second-order valence-electron chi connectivity index (χ2n) is 3.68. The molecule has 2 aromatic rings. The Labute approximate surface area is 117 Å². The maximum absolute atomic E-state index is 12.6. The van der Waals surface area contributed by atoms with Gasteiger partial charge in [0.15, 0.2) is 0 Å². The highest BCUT2D eigenvalue weighted by Crippen LogP contribution is 2.26. The third kappa shape index (κ3) is 3.99. The lowest BCUT2D eigenvalue weighted by molar-refractivity contribution is -0.154. The van der Waals surface area contributed by atoms with E-state index in [0.29, 0.717) is 5.56 Å². The van der Waals surface area contributed by atoms with Crippen LogP contribution in [0.1, 0.15) is 5.56 Å². The molecule has 1 heterocycles. The van der Waals surface area contributed by atoms with Crippen molar-refractivity contribution in [2.45, 2.75) is 10.7 Å². The molecule has 0 saturated carbocycles. The minimum Gasteiger partial charge on any atom is -0.307 e. The maximum atomic E-state index is 12.6. The Bertz CT molecular complexity index is 514. The normalized spacial score (nSPS) is 11.5. The summed E-state index contributed by atoms with van der Waals surface area (Å²) in [5, 5.41) is 0. The van der Waals surface area contributed by atoms with E-state index in [-0.39, 0.29) is 6.61 Å². The molecule has 1 aromatic carbocycles. The zero-order valence-electron chi connectivity index (χ0n) is 9.32. The summed E-state index contributed by atoms with van der Waals surface area (Å²) in [7, 11) is 0. The van der Waals surface area contributed by atoms with Gasteiger partial charge in [0.25, 0.3) is 0 Å². The van der Waals surface area contributed by atoms with Crippen molar-refractivity contribution >= 4 is 22.6 Å².